The van der Waals surface area contributed by atoms with Gasteiger partial charge in [-0.2, -0.15) is 0 Å². The molecule has 2 heteroatoms. The number of aliphatic hydroxyl groups excluding tert-OH is 1. The fourth-order valence-corrected chi connectivity index (χ4v) is 1.90. The Balaban J connectivity index is 1.92. The Morgan fingerprint density at radius 2 is 2.14 bits per heavy atom. The number of rotatable bonds is 3. The van der Waals surface area contributed by atoms with E-state index >= 15 is 0 Å². The maximum Gasteiger partial charge on any atom is 0.0793 e. The molecule has 1 aromatic rings. The highest BCUT2D eigenvalue weighted by Crippen LogP contribution is 2.25. The number of aliphatic hydroxyl groups is 1. The summed E-state index contributed by atoms with van der Waals surface area (Å²) in [5.74, 6) is 0.533. The molecule has 1 saturated heterocycles. The van der Waals surface area contributed by atoms with Crippen molar-refractivity contribution in [2.45, 2.75) is 18.9 Å². The van der Waals surface area contributed by atoms with Gasteiger partial charge in [0.15, 0.2) is 0 Å². The van der Waals surface area contributed by atoms with Crippen LogP contribution in [0.4, 0.5) is 0 Å². The average Bonchev–Trinajstić information content (AvgIpc) is 2.72. The highest BCUT2D eigenvalue weighted by atomic mass is 16.5. The lowest BCUT2D eigenvalue weighted by atomic mass is 9.96. The highest BCUT2D eigenvalue weighted by molar-refractivity contribution is 5.17. The summed E-state index contributed by atoms with van der Waals surface area (Å²) < 4.78 is 5.28. The van der Waals surface area contributed by atoms with Crippen LogP contribution in [0.5, 0.6) is 0 Å². The van der Waals surface area contributed by atoms with E-state index in [0.717, 1.165) is 31.6 Å². The molecule has 0 bridgehead atoms. The van der Waals surface area contributed by atoms with Gasteiger partial charge >= 0.3 is 0 Å². The average molecular weight is 192 g/mol. The lowest BCUT2D eigenvalue weighted by molar-refractivity contribution is 0.129. The first-order valence-corrected chi connectivity index (χ1v) is 5.17. The Morgan fingerprint density at radius 1 is 1.36 bits per heavy atom. The summed E-state index contributed by atoms with van der Waals surface area (Å²) in [6.07, 6.45) is 1.58. The number of benzene rings is 1. The molecule has 14 heavy (non-hydrogen) atoms. The SMILES string of the molecule is OC(CC1CCOC1)c1ccccc1. The molecule has 0 spiro atoms. The van der Waals surface area contributed by atoms with E-state index in [9.17, 15) is 5.11 Å². The van der Waals surface area contributed by atoms with Crippen LogP contribution in [-0.2, 0) is 4.74 Å². The van der Waals surface area contributed by atoms with Gasteiger partial charge in [-0.05, 0) is 24.3 Å². The highest BCUT2D eigenvalue weighted by Gasteiger charge is 2.19. The minimum atomic E-state index is -0.331. The zero-order chi connectivity index (χ0) is 9.80. The predicted molar refractivity (Wildman–Crippen MR) is 54.9 cm³/mol. The molecule has 1 aliphatic rings. The van der Waals surface area contributed by atoms with Gasteiger partial charge in [0.1, 0.15) is 0 Å². The van der Waals surface area contributed by atoms with E-state index in [-0.39, 0.29) is 6.10 Å². The van der Waals surface area contributed by atoms with Crippen molar-refractivity contribution in [3.8, 4) is 0 Å². The van der Waals surface area contributed by atoms with Crippen LogP contribution < -0.4 is 0 Å². The molecule has 2 nitrogen and oxygen atoms in total. The van der Waals surface area contributed by atoms with Gasteiger partial charge in [-0.3, -0.25) is 0 Å². The monoisotopic (exact) mass is 192 g/mol. The number of ether oxygens (including phenoxy) is 1. The van der Waals surface area contributed by atoms with Crippen LogP contribution in [0.15, 0.2) is 30.3 Å². The summed E-state index contributed by atoms with van der Waals surface area (Å²) in [5.41, 5.74) is 1.01. The molecule has 1 N–H and O–H groups in total. The largest absolute Gasteiger partial charge is 0.388 e. The van der Waals surface area contributed by atoms with E-state index in [1.165, 1.54) is 0 Å². The summed E-state index contributed by atoms with van der Waals surface area (Å²) in [6, 6.07) is 9.84. The molecule has 0 aromatic heterocycles. The van der Waals surface area contributed by atoms with Gasteiger partial charge in [0.2, 0.25) is 0 Å². The standard InChI is InChI=1S/C12H16O2/c13-12(8-10-6-7-14-9-10)11-4-2-1-3-5-11/h1-5,10,12-13H,6-9H2. The fourth-order valence-electron chi connectivity index (χ4n) is 1.90. The van der Waals surface area contributed by atoms with E-state index in [0.29, 0.717) is 5.92 Å². The lowest BCUT2D eigenvalue weighted by Gasteiger charge is -2.14. The van der Waals surface area contributed by atoms with E-state index in [1.807, 2.05) is 30.3 Å². The predicted octanol–water partition coefficient (Wildman–Crippen LogP) is 2.15. The second kappa shape index (κ2) is 4.58. The number of hydrogen-bond donors (Lipinski definition) is 1. The van der Waals surface area contributed by atoms with Crippen molar-refractivity contribution >= 4 is 0 Å². The molecule has 1 aromatic carbocycles. The van der Waals surface area contributed by atoms with Crippen LogP contribution in [0.3, 0.4) is 0 Å². The Hall–Kier alpha value is -0.860. The van der Waals surface area contributed by atoms with Crippen LogP contribution in [0, 0.1) is 5.92 Å². The zero-order valence-corrected chi connectivity index (χ0v) is 8.23. The second-order valence-corrected chi connectivity index (χ2v) is 3.89. The quantitative estimate of drug-likeness (QED) is 0.795. The van der Waals surface area contributed by atoms with Crippen molar-refractivity contribution in [1.29, 1.82) is 0 Å². The molecule has 0 aliphatic carbocycles. The summed E-state index contributed by atoms with van der Waals surface area (Å²) in [7, 11) is 0. The molecule has 76 valence electrons. The van der Waals surface area contributed by atoms with Gasteiger partial charge < -0.3 is 9.84 Å². The Kier molecular flexibility index (Phi) is 3.17. The molecule has 1 heterocycles. The summed E-state index contributed by atoms with van der Waals surface area (Å²) in [6.45, 7) is 1.66. The molecule has 2 unspecified atom stereocenters. The first-order chi connectivity index (χ1) is 6.86. The van der Waals surface area contributed by atoms with E-state index in [4.69, 9.17) is 4.74 Å². The van der Waals surface area contributed by atoms with Crippen molar-refractivity contribution in [2.24, 2.45) is 5.92 Å². The molecule has 0 radical (unpaired) electrons. The van der Waals surface area contributed by atoms with Gasteiger partial charge in [0.25, 0.3) is 0 Å². The normalized spacial score (nSPS) is 23.6. The minimum absolute atomic E-state index is 0.331. The van der Waals surface area contributed by atoms with Gasteiger partial charge in [0.05, 0.1) is 6.10 Å². The molecule has 2 rings (SSSR count). The van der Waals surface area contributed by atoms with Gasteiger partial charge in [-0.15, -0.1) is 0 Å². The Bertz CT molecular complexity index is 265. The summed E-state index contributed by atoms with van der Waals surface area (Å²) in [5, 5.41) is 9.93. The first kappa shape index (κ1) is 9.69. The lowest BCUT2D eigenvalue weighted by Crippen LogP contribution is -2.07. The third kappa shape index (κ3) is 2.34. The van der Waals surface area contributed by atoms with E-state index < -0.39 is 0 Å². The molecule has 0 amide bonds. The number of hydrogen-bond acceptors (Lipinski definition) is 2. The van der Waals surface area contributed by atoms with Crippen molar-refractivity contribution in [2.75, 3.05) is 13.2 Å². The van der Waals surface area contributed by atoms with Crippen LogP contribution in [-0.4, -0.2) is 18.3 Å². The fraction of sp³-hybridized carbons (Fsp3) is 0.500. The molecular formula is C12H16O2. The van der Waals surface area contributed by atoms with Crippen molar-refractivity contribution in [1.82, 2.24) is 0 Å². The van der Waals surface area contributed by atoms with Crippen LogP contribution in [0.25, 0.3) is 0 Å². The van der Waals surface area contributed by atoms with E-state index in [2.05, 4.69) is 0 Å². The molecular weight excluding hydrogens is 176 g/mol. The van der Waals surface area contributed by atoms with E-state index in [1.54, 1.807) is 0 Å². The molecule has 0 saturated carbocycles. The molecule has 2 atom stereocenters. The zero-order valence-electron chi connectivity index (χ0n) is 8.23. The smallest absolute Gasteiger partial charge is 0.0793 e. The van der Waals surface area contributed by atoms with Crippen LogP contribution in [0.2, 0.25) is 0 Å². The molecule has 1 fully saturated rings. The van der Waals surface area contributed by atoms with Gasteiger partial charge in [-0.25, -0.2) is 0 Å². The maximum absolute atomic E-state index is 9.93. The summed E-state index contributed by atoms with van der Waals surface area (Å²) >= 11 is 0. The third-order valence-electron chi connectivity index (χ3n) is 2.76. The first-order valence-electron chi connectivity index (χ1n) is 5.17. The van der Waals surface area contributed by atoms with Crippen LogP contribution in [0.1, 0.15) is 24.5 Å². The minimum Gasteiger partial charge on any atom is -0.388 e. The van der Waals surface area contributed by atoms with Gasteiger partial charge in [0, 0.05) is 13.2 Å². The van der Waals surface area contributed by atoms with Crippen molar-refractivity contribution in [3.63, 3.8) is 0 Å². The third-order valence-corrected chi connectivity index (χ3v) is 2.76. The maximum atomic E-state index is 9.93. The van der Waals surface area contributed by atoms with Crippen molar-refractivity contribution < 1.29 is 9.84 Å². The topological polar surface area (TPSA) is 29.5 Å². The van der Waals surface area contributed by atoms with Crippen molar-refractivity contribution in [3.05, 3.63) is 35.9 Å². The second-order valence-electron chi connectivity index (χ2n) is 3.89. The Morgan fingerprint density at radius 3 is 2.79 bits per heavy atom. The van der Waals surface area contributed by atoms with Gasteiger partial charge in [-0.1, -0.05) is 30.3 Å². The summed E-state index contributed by atoms with van der Waals surface area (Å²) in [4.78, 5) is 0. The molecule has 1 aliphatic heterocycles. The van der Waals surface area contributed by atoms with Crippen LogP contribution >= 0.6 is 0 Å². The Labute approximate surface area is 84.5 Å².